The molecule has 5 heteroatoms. The molecule has 0 saturated heterocycles. The first kappa shape index (κ1) is 35.0. The van der Waals surface area contributed by atoms with Gasteiger partial charge < -0.3 is 14.7 Å². The summed E-state index contributed by atoms with van der Waals surface area (Å²) in [5, 5.41) is 5.02. The molecule has 0 amide bonds. The van der Waals surface area contributed by atoms with Gasteiger partial charge in [0.15, 0.2) is 0 Å². The van der Waals surface area contributed by atoms with Crippen LogP contribution in [0.15, 0.2) is 224 Å². The maximum atomic E-state index is 2.42. The molecule has 0 spiro atoms. The summed E-state index contributed by atoms with van der Waals surface area (Å²) in [6, 6.07) is 80.9. The number of fused-ring (bicyclic) bond motifs is 6. The van der Waals surface area contributed by atoms with E-state index in [1.165, 1.54) is 46.0 Å². The van der Waals surface area contributed by atoms with Gasteiger partial charge >= 0.3 is 0 Å². The van der Waals surface area contributed by atoms with E-state index in [9.17, 15) is 0 Å². The third kappa shape index (κ3) is 6.29. The molecule has 0 aliphatic carbocycles. The fraction of sp³-hybridized carbons (Fsp3) is 0. The highest BCUT2D eigenvalue weighted by Gasteiger charge is 2.24. The second-order valence-electron chi connectivity index (χ2n) is 14.6. The van der Waals surface area contributed by atoms with E-state index in [4.69, 9.17) is 0 Å². The second kappa shape index (κ2) is 15.0. The quantitative estimate of drug-likeness (QED) is 0.144. The summed E-state index contributed by atoms with van der Waals surface area (Å²) in [7, 11) is 0. The van der Waals surface area contributed by atoms with Crippen molar-refractivity contribution in [1.82, 2.24) is 0 Å². The topological polar surface area (TPSA) is 9.72 Å². The lowest BCUT2D eigenvalue weighted by Crippen LogP contribution is -2.13. The third-order valence-electron chi connectivity index (χ3n) is 11.0. The molecule has 0 fully saturated rings. The zero-order chi connectivity index (χ0) is 39.1. The Morgan fingerprint density at radius 3 is 1.24 bits per heavy atom. The zero-order valence-corrected chi connectivity index (χ0v) is 33.7. The molecule has 0 N–H and O–H groups in total. The Morgan fingerprint density at radius 2 is 0.661 bits per heavy atom. The number of thiophene rings is 2. The van der Waals surface area contributed by atoms with Crippen molar-refractivity contribution in [1.29, 1.82) is 0 Å². The van der Waals surface area contributed by atoms with Crippen molar-refractivity contribution in [3.8, 4) is 0 Å². The summed E-state index contributed by atoms with van der Waals surface area (Å²) in [5.41, 5.74) is 10.1. The van der Waals surface area contributed by atoms with Crippen molar-refractivity contribution in [3.05, 3.63) is 224 Å². The molecule has 0 aliphatic heterocycles. The number of nitrogens with zero attached hydrogens (tertiary/aromatic N) is 3. The number of hydrogen-bond donors (Lipinski definition) is 0. The van der Waals surface area contributed by atoms with Crippen molar-refractivity contribution in [2.45, 2.75) is 0 Å². The summed E-state index contributed by atoms with van der Waals surface area (Å²) in [4.78, 5) is 7.22. The van der Waals surface area contributed by atoms with E-state index in [0.29, 0.717) is 0 Å². The van der Waals surface area contributed by atoms with E-state index in [0.717, 1.165) is 45.5 Å². The van der Waals surface area contributed by atoms with Gasteiger partial charge in [-0.1, -0.05) is 121 Å². The molecule has 0 bridgehead atoms. The normalized spacial score (nSPS) is 11.4. The Kier molecular flexibility index (Phi) is 8.88. The Labute approximate surface area is 351 Å². The monoisotopic (exact) mass is 791 g/mol. The average Bonchev–Trinajstić information content (AvgIpc) is 3.87. The summed E-state index contributed by atoms with van der Waals surface area (Å²) in [6.45, 7) is 0. The first-order valence-corrected chi connectivity index (χ1v) is 21.5. The van der Waals surface area contributed by atoms with Crippen LogP contribution in [0.1, 0.15) is 0 Å². The Bertz CT molecular complexity index is 3140. The lowest BCUT2D eigenvalue weighted by Gasteiger charge is -2.30. The van der Waals surface area contributed by atoms with Gasteiger partial charge in [0.25, 0.3) is 0 Å². The van der Waals surface area contributed by atoms with Crippen LogP contribution in [-0.2, 0) is 0 Å². The van der Waals surface area contributed by atoms with Crippen LogP contribution in [0.5, 0.6) is 0 Å². The van der Waals surface area contributed by atoms with Crippen LogP contribution in [-0.4, -0.2) is 0 Å². The minimum Gasteiger partial charge on any atom is -0.310 e. The van der Waals surface area contributed by atoms with Crippen LogP contribution in [0.4, 0.5) is 51.2 Å². The zero-order valence-electron chi connectivity index (χ0n) is 32.0. The van der Waals surface area contributed by atoms with E-state index in [1.54, 1.807) is 0 Å². The summed E-state index contributed by atoms with van der Waals surface area (Å²) in [5.74, 6) is 0. The van der Waals surface area contributed by atoms with E-state index in [1.807, 2.05) is 22.7 Å². The molecule has 0 radical (unpaired) electrons. The van der Waals surface area contributed by atoms with Gasteiger partial charge in [0, 0.05) is 80.2 Å². The molecular formula is C54H37N3S2. The Balaban J connectivity index is 1.14. The number of anilines is 9. The average molecular weight is 792 g/mol. The smallest absolute Gasteiger partial charge is 0.0575 e. The highest BCUT2D eigenvalue weighted by molar-refractivity contribution is 7.26. The van der Waals surface area contributed by atoms with Crippen LogP contribution in [0.2, 0.25) is 0 Å². The Morgan fingerprint density at radius 1 is 0.237 bits per heavy atom. The summed E-state index contributed by atoms with van der Waals surface area (Å²) < 4.78 is 5.01. The third-order valence-corrected chi connectivity index (χ3v) is 13.2. The van der Waals surface area contributed by atoms with Crippen molar-refractivity contribution in [3.63, 3.8) is 0 Å². The first-order valence-electron chi connectivity index (χ1n) is 19.8. The highest BCUT2D eigenvalue weighted by atomic mass is 32.1. The van der Waals surface area contributed by atoms with Crippen LogP contribution < -0.4 is 14.7 Å². The predicted octanol–water partition coefficient (Wildman–Crippen LogP) is 16.8. The molecule has 11 aromatic rings. The lowest BCUT2D eigenvalue weighted by molar-refractivity contribution is 1.27. The minimum absolute atomic E-state index is 1.10. The van der Waals surface area contributed by atoms with Gasteiger partial charge in [0.2, 0.25) is 0 Å². The molecular weight excluding hydrogens is 755 g/mol. The highest BCUT2D eigenvalue weighted by Crippen LogP contribution is 2.50. The Hall–Kier alpha value is -7.18. The molecule has 11 rings (SSSR count). The predicted molar refractivity (Wildman–Crippen MR) is 256 cm³/mol. The van der Waals surface area contributed by atoms with Crippen molar-refractivity contribution in [2.75, 3.05) is 14.7 Å². The SMILES string of the molecule is c1ccc(N(c2ccc3c(c2)sc2cccc(N(c4ccccc4)c4ccccc4)c23)c2cc(N(c3ccccc3)c3ccccc3)c3c(c2)sc2ccccc23)cc1. The number of hydrogen-bond acceptors (Lipinski definition) is 5. The van der Waals surface area contributed by atoms with Gasteiger partial charge in [-0.15, -0.1) is 22.7 Å². The van der Waals surface area contributed by atoms with Gasteiger partial charge in [-0.3, -0.25) is 0 Å². The van der Waals surface area contributed by atoms with Crippen LogP contribution in [0.3, 0.4) is 0 Å². The molecule has 59 heavy (non-hydrogen) atoms. The fourth-order valence-corrected chi connectivity index (χ4v) is 10.8. The van der Waals surface area contributed by atoms with Crippen molar-refractivity contribution < 1.29 is 0 Å². The molecule has 3 nitrogen and oxygen atoms in total. The number of para-hydroxylation sites is 5. The molecule has 9 aromatic carbocycles. The largest absolute Gasteiger partial charge is 0.310 e. The first-order chi connectivity index (χ1) is 29.3. The van der Waals surface area contributed by atoms with Gasteiger partial charge in [-0.05, 0) is 103 Å². The molecule has 0 aliphatic rings. The van der Waals surface area contributed by atoms with E-state index in [-0.39, 0.29) is 0 Å². The molecule has 280 valence electrons. The number of benzene rings is 9. The van der Waals surface area contributed by atoms with Gasteiger partial charge in [-0.2, -0.15) is 0 Å². The molecule has 0 atom stereocenters. The van der Waals surface area contributed by atoms with Crippen molar-refractivity contribution >= 4 is 114 Å². The maximum Gasteiger partial charge on any atom is 0.0575 e. The lowest BCUT2D eigenvalue weighted by atomic mass is 10.0. The maximum absolute atomic E-state index is 2.42. The van der Waals surface area contributed by atoms with Gasteiger partial charge in [0.05, 0.1) is 11.4 Å². The van der Waals surface area contributed by atoms with Crippen LogP contribution in [0, 0.1) is 0 Å². The second-order valence-corrected chi connectivity index (χ2v) is 16.7. The van der Waals surface area contributed by atoms with E-state index >= 15 is 0 Å². The van der Waals surface area contributed by atoms with Gasteiger partial charge in [0.1, 0.15) is 0 Å². The number of rotatable bonds is 9. The van der Waals surface area contributed by atoms with Crippen molar-refractivity contribution in [2.24, 2.45) is 0 Å². The van der Waals surface area contributed by atoms with E-state index in [2.05, 4.69) is 239 Å². The molecule has 2 heterocycles. The molecule has 0 saturated carbocycles. The van der Waals surface area contributed by atoms with Crippen LogP contribution >= 0.6 is 22.7 Å². The van der Waals surface area contributed by atoms with E-state index < -0.39 is 0 Å². The molecule has 2 aromatic heterocycles. The fourth-order valence-electron chi connectivity index (χ4n) is 8.43. The summed E-state index contributed by atoms with van der Waals surface area (Å²) in [6.07, 6.45) is 0. The van der Waals surface area contributed by atoms with Crippen LogP contribution in [0.25, 0.3) is 40.3 Å². The minimum atomic E-state index is 1.10. The molecule has 0 unspecified atom stereocenters. The van der Waals surface area contributed by atoms with Gasteiger partial charge in [-0.25, -0.2) is 0 Å². The summed E-state index contributed by atoms with van der Waals surface area (Å²) >= 11 is 3.71. The standard InChI is InChI=1S/C54H37N3S2/c1-6-19-38(20-7-1)55(43-33-34-46-51(36-43)59-50-32-18-30-47(53(46)50)56(39-21-8-2-9-22-39)40-23-10-3-11-24-40)44-35-48(54-45-29-16-17-31-49(45)58-52(54)37-44)57(41-25-12-4-13-26-41)42-27-14-5-15-28-42/h1-37H.